The summed E-state index contributed by atoms with van der Waals surface area (Å²) in [5.41, 5.74) is 2.01. The van der Waals surface area contributed by atoms with E-state index in [1.165, 1.54) is 25.7 Å². The molecule has 1 aromatic carbocycles. The van der Waals surface area contributed by atoms with Gasteiger partial charge in [-0.15, -0.1) is 0 Å². The maximum Gasteiger partial charge on any atom is 0.272 e. The molecule has 0 spiro atoms. The molecule has 5 heteroatoms. The van der Waals surface area contributed by atoms with Gasteiger partial charge in [-0.25, -0.2) is 0 Å². The summed E-state index contributed by atoms with van der Waals surface area (Å²) in [6, 6.07) is 11.3. The Balaban J connectivity index is 1.44. The molecule has 1 saturated heterocycles. The fraction of sp³-hybridized carbons (Fsp3) is 0.455. The van der Waals surface area contributed by atoms with E-state index >= 15 is 0 Å². The minimum Gasteiger partial charge on any atom is -0.347 e. The maximum absolute atomic E-state index is 13.1. The fourth-order valence-electron chi connectivity index (χ4n) is 4.63. The summed E-state index contributed by atoms with van der Waals surface area (Å²) in [6.07, 6.45) is 9.15. The van der Waals surface area contributed by atoms with Crippen molar-refractivity contribution in [2.75, 3.05) is 11.9 Å². The highest BCUT2D eigenvalue weighted by molar-refractivity contribution is 6.03. The van der Waals surface area contributed by atoms with Crippen LogP contribution in [0, 0.1) is 5.92 Å². The highest BCUT2D eigenvalue weighted by Crippen LogP contribution is 2.36. The molecule has 1 saturated carbocycles. The molecule has 142 valence electrons. The van der Waals surface area contributed by atoms with E-state index in [1.807, 2.05) is 43.6 Å². The van der Waals surface area contributed by atoms with Crippen LogP contribution in [-0.2, 0) is 7.05 Å². The highest BCUT2D eigenvalue weighted by Gasteiger charge is 2.35. The third-order valence-corrected chi connectivity index (χ3v) is 6.07. The predicted molar refractivity (Wildman–Crippen MR) is 106 cm³/mol. The minimum atomic E-state index is -0.150. The number of hydrogen-bond donors (Lipinski definition) is 1. The molecule has 0 bridgehead atoms. The lowest BCUT2D eigenvalue weighted by atomic mass is 9.78. The zero-order chi connectivity index (χ0) is 18.8. The molecule has 2 atom stereocenters. The molecule has 1 aromatic heterocycles. The van der Waals surface area contributed by atoms with Crippen molar-refractivity contribution in [1.29, 1.82) is 0 Å². The van der Waals surface area contributed by atoms with Crippen molar-refractivity contribution in [1.82, 2.24) is 9.47 Å². The second-order valence-corrected chi connectivity index (χ2v) is 7.79. The van der Waals surface area contributed by atoms with E-state index < -0.39 is 0 Å². The zero-order valence-corrected chi connectivity index (χ0v) is 15.9. The second kappa shape index (κ2) is 7.59. The van der Waals surface area contributed by atoms with E-state index in [4.69, 9.17) is 0 Å². The molecular weight excluding hydrogens is 338 g/mol. The number of aromatic nitrogens is 1. The largest absolute Gasteiger partial charge is 0.347 e. The van der Waals surface area contributed by atoms with Crippen molar-refractivity contribution in [2.45, 2.75) is 44.6 Å². The summed E-state index contributed by atoms with van der Waals surface area (Å²) in [7, 11) is 1.84. The van der Waals surface area contributed by atoms with Crippen molar-refractivity contribution in [3.8, 4) is 0 Å². The number of nitrogens with one attached hydrogen (secondary N) is 1. The summed E-state index contributed by atoms with van der Waals surface area (Å²) in [5, 5.41) is 2.89. The second-order valence-electron chi connectivity index (χ2n) is 7.79. The number of amides is 2. The smallest absolute Gasteiger partial charge is 0.272 e. The summed E-state index contributed by atoms with van der Waals surface area (Å²) >= 11 is 0. The quantitative estimate of drug-likeness (QED) is 0.891. The van der Waals surface area contributed by atoms with E-state index in [0.717, 1.165) is 19.4 Å². The lowest BCUT2D eigenvalue weighted by Crippen LogP contribution is -2.49. The predicted octanol–water partition coefficient (Wildman–Crippen LogP) is 4.07. The Bertz CT molecular complexity index is 822. The highest BCUT2D eigenvalue weighted by atomic mass is 16.2. The standard InChI is InChI=1S/C22H27N3O2/c1-24-14-5-9-20(24)21(26)23-18-12-10-17(11-13-18)22(27)25-15-4-7-16-6-2-3-8-19(16)25/h5,9-14,16,19H,2-4,6-8,15H2,1H3,(H,23,26)/t16-,19?/m1/s1. The molecule has 5 nitrogen and oxygen atoms in total. The normalized spacial score (nSPS) is 22.2. The van der Waals surface area contributed by atoms with Crippen LogP contribution in [-0.4, -0.2) is 33.9 Å². The van der Waals surface area contributed by atoms with Gasteiger partial charge in [-0.2, -0.15) is 0 Å². The van der Waals surface area contributed by atoms with Crippen molar-refractivity contribution >= 4 is 17.5 Å². The first kappa shape index (κ1) is 17.8. The fourth-order valence-corrected chi connectivity index (χ4v) is 4.63. The minimum absolute atomic E-state index is 0.131. The molecule has 1 aliphatic heterocycles. The Labute approximate surface area is 160 Å². The van der Waals surface area contributed by atoms with Gasteiger partial charge < -0.3 is 14.8 Å². The van der Waals surface area contributed by atoms with Gasteiger partial charge in [0.2, 0.25) is 0 Å². The van der Waals surface area contributed by atoms with Crippen LogP contribution in [0.25, 0.3) is 0 Å². The van der Waals surface area contributed by atoms with Crippen LogP contribution >= 0.6 is 0 Å². The first-order valence-electron chi connectivity index (χ1n) is 9.97. The molecule has 2 amide bonds. The maximum atomic E-state index is 13.1. The third kappa shape index (κ3) is 3.64. The number of rotatable bonds is 3. The van der Waals surface area contributed by atoms with Crippen molar-refractivity contribution in [2.24, 2.45) is 13.0 Å². The van der Waals surface area contributed by atoms with Crippen LogP contribution in [0.15, 0.2) is 42.6 Å². The molecule has 2 aliphatic rings. The van der Waals surface area contributed by atoms with Gasteiger partial charge in [0, 0.05) is 37.1 Å². The molecule has 2 heterocycles. The van der Waals surface area contributed by atoms with Gasteiger partial charge in [0.15, 0.2) is 0 Å². The van der Waals surface area contributed by atoms with Crippen LogP contribution < -0.4 is 5.32 Å². The zero-order valence-electron chi connectivity index (χ0n) is 15.9. The van der Waals surface area contributed by atoms with E-state index in [2.05, 4.69) is 10.2 Å². The number of anilines is 1. The van der Waals surface area contributed by atoms with Crippen molar-refractivity contribution in [3.63, 3.8) is 0 Å². The molecule has 4 rings (SSSR count). The topological polar surface area (TPSA) is 54.3 Å². The molecule has 1 N–H and O–H groups in total. The van der Waals surface area contributed by atoms with Crippen LogP contribution in [0.2, 0.25) is 0 Å². The third-order valence-electron chi connectivity index (χ3n) is 6.07. The van der Waals surface area contributed by atoms with Gasteiger partial charge in [0.1, 0.15) is 5.69 Å². The molecule has 2 fully saturated rings. The Hall–Kier alpha value is -2.56. The molecule has 0 radical (unpaired) electrons. The summed E-state index contributed by atoms with van der Waals surface area (Å²) in [4.78, 5) is 27.5. The van der Waals surface area contributed by atoms with Crippen molar-refractivity contribution < 1.29 is 9.59 Å². The van der Waals surface area contributed by atoms with Crippen LogP contribution in [0.4, 0.5) is 5.69 Å². The van der Waals surface area contributed by atoms with E-state index in [1.54, 1.807) is 10.6 Å². The SMILES string of the molecule is Cn1cccc1C(=O)Nc1ccc(C(=O)N2CCC[C@H]3CCCCC32)cc1. The summed E-state index contributed by atoms with van der Waals surface area (Å²) < 4.78 is 1.78. The number of piperidine rings is 1. The molecule has 1 aliphatic carbocycles. The average molecular weight is 365 g/mol. The van der Waals surface area contributed by atoms with Gasteiger partial charge in [-0.05, 0) is 68.0 Å². The van der Waals surface area contributed by atoms with E-state index in [0.29, 0.717) is 28.9 Å². The number of likely N-dealkylation sites (tertiary alicyclic amines) is 1. The van der Waals surface area contributed by atoms with Gasteiger partial charge in [-0.1, -0.05) is 12.8 Å². The number of benzene rings is 1. The van der Waals surface area contributed by atoms with E-state index in [9.17, 15) is 9.59 Å². The Morgan fingerprint density at radius 2 is 1.74 bits per heavy atom. The lowest BCUT2D eigenvalue weighted by molar-refractivity contribution is 0.0390. The summed E-state index contributed by atoms with van der Waals surface area (Å²) in [6.45, 7) is 0.867. The number of carbonyl (C=O) groups excluding carboxylic acids is 2. The first-order chi connectivity index (χ1) is 13.1. The molecule has 27 heavy (non-hydrogen) atoms. The Morgan fingerprint density at radius 3 is 2.48 bits per heavy atom. The van der Waals surface area contributed by atoms with Gasteiger partial charge in [0.05, 0.1) is 0 Å². The summed E-state index contributed by atoms with van der Waals surface area (Å²) in [5.74, 6) is 0.662. The van der Waals surface area contributed by atoms with Crippen LogP contribution in [0.5, 0.6) is 0 Å². The Morgan fingerprint density at radius 1 is 1.00 bits per heavy atom. The number of aryl methyl sites for hydroxylation is 1. The van der Waals surface area contributed by atoms with Crippen LogP contribution in [0.1, 0.15) is 59.4 Å². The molecule has 1 unspecified atom stereocenters. The van der Waals surface area contributed by atoms with Gasteiger partial charge in [-0.3, -0.25) is 9.59 Å². The number of hydrogen-bond acceptors (Lipinski definition) is 2. The van der Waals surface area contributed by atoms with Crippen molar-refractivity contribution in [3.05, 3.63) is 53.9 Å². The number of nitrogens with zero attached hydrogens (tertiary/aromatic N) is 2. The lowest BCUT2D eigenvalue weighted by Gasteiger charge is -2.44. The number of fused-ring (bicyclic) bond motifs is 1. The molecular formula is C22H27N3O2. The Kier molecular flexibility index (Phi) is 5.01. The monoisotopic (exact) mass is 365 g/mol. The average Bonchev–Trinajstić information content (AvgIpc) is 3.13. The van der Waals surface area contributed by atoms with E-state index in [-0.39, 0.29) is 11.8 Å². The first-order valence-corrected chi connectivity index (χ1v) is 9.97. The molecule has 2 aromatic rings. The van der Waals surface area contributed by atoms with Crippen LogP contribution in [0.3, 0.4) is 0 Å². The van der Waals surface area contributed by atoms with Gasteiger partial charge in [0.25, 0.3) is 11.8 Å². The van der Waals surface area contributed by atoms with Gasteiger partial charge >= 0.3 is 0 Å². The number of carbonyl (C=O) groups is 2.